The van der Waals surface area contributed by atoms with Crippen molar-refractivity contribution in [3.8, 4) is 17.1 Å². The van der Waals surface area contributed by atoms with Gasteiger partial charge in [0, 0.05) is 28.6 Å². The Bertz CT molecular complexity index is 1300. The molecule has 2 aromatic heterocycles. The van der Waals surface area contributed by atoms with Crippen LogP contribution in [0.5, 0.6) is 5.75 Å². The number of carbonyl (C=O) groups excluding carboxylic acids is 1. The van der Waals surface area contributed by atoms with Crippen LogP contribution in [0.3, 0.4) is 0 Å². The number of halogens is 1. The first-order valence-corrected chi connectivity index (χ1v) is 9.85. The Kier molecular flexibility index (Phi) is 5.04. The monoisotopic (exact) mass is 443 g/mol. The van der Waals surface area contributed by atoms with Crippen LogP contribution in [0.15, 0.2) is 29.1 Å². The number of aromatic nitrogens is 2. The number of benzene rings is 1. The summed E-state index contributed by atoms with van der Waals surface area (Å²) in [6.07, 6.45) is 0.104. The second-order valence-electron chi connectivity index (χ2n) is 7.76. The maximum absolute atomic E-state index is 13.2. The van der Waals surface area contributed by atoms with E-state index in [2.05, 4.69) is 5.32 Å². The van der Waals surface area contributed by atoms with Crippen molar-refractivity contribution in [3.63, 3.8) is 0 Å². The quantitative estimate of drug-likeness (QED) is 0.414. The van der Waals surface area contributed by atoms with E-state index in [1.165, 1.54) is 0 Å². The minimum atomic E-state index is -1.84. The number of phenols is 1. The number of nitrogens with one attached hydrogen (secondary N) is 1. The Morgan fingerprint density at radius 2 is 2.06 bits per heavy atom. The second-order valence-corrected chi connectivity index (χ2v) is 7.76. The van der Waals surface area contributed by atoms with E-state index in [0.29, 0.717) is 41.1 Å². The van der Waals surface area contributed by atoms with Crippen LogP contribution >= 0.6 is 12.4 Å². The zero-order chi connectivity index (χ0) is 21.2. The van der Waals surface area contributed by atoms with Crippen LogP contribution in [-0.4, -0.2) is 32.8 Å². The fourth-order valence-electron chi connectivity index (χ4n) is 4.46. The molecule has 0 radical (unpaired) electrons. The van der Waals surface area contributed by atoms with E-state index in [4.69, 9.17) is 9.72 Å². The zero-order valence-electron chi connectivity index (χ0n) is 17.1. The third kappa shape index (κ3) is 2.86. The van der Waals surface area contributed by atoms with Crippen LogP contribution in [0.2, 0.25) is 0 Å². The molecule has 3 N–H and O–H groups in total. The Hall–Kier alpha value is -2.94. The number of esters is 1. The summed E-state index contributed by atoms with van der Waals surface area (Å²) in [7, 11) is 1.80. The predicted molar refractivity (Wildman–Crippen MR) is 116 cm³/mol. The number of carbonyl (C=O) groups is 1. The van der Waals surface area contributed by atoms with Gasteiger partial charge in [-0.15, -0.1) is 12.4 Å². The summed E-state index contributed by atoms with van der Waals surface area (Å²) in [6, 6.07) is 6.99. The maximum Gasteiger partial charge on any atom is 0.343 e. The highest BCUT2D eigenvalue weighted by Crippen LogP contribution is 2.39. The smallest absolute Gasteiger partial charge is 0.343 e. The Labute approximate surface area is 183 Å². The summed E-state index contributed by atoms with van der Waals surface area (Å²) < 4.78 is 6.69. The fourth-order valence-corrected chi connectivity index (χ4v) is 4.46. The number of hydrogen-bond donors (Lipinski definition) is 3. The molecular weight excluding hydrogens is 422 g/mol. The number of ether oxygens (including phenoxy) is 1. The first kappa shape index (κ1) is 21.3. The summed E-state index contributed by atoms with van der Waals surface area (Å²) in [5.41, 5.74) is 1.96. The number of pyridine rings is 2. The van der Waals surface area contributed by atoms with Crippen molar-refractivity contribution in [2.24, 2.45) is 0 Å². The minimum absolute atomic E-state index is 0. The normalized spacial score (nSPS) is 18.7. The second kappa shape index (κ2) is 7.33. The van der Waals surface area contributed by atoms with Gasteiger partial charge in [0.25, 0.3) is 5.56 Å². The lowest BCUT2D eigenvalue weighted by molar-refractivity contribution is -0.172. The standard InChI is InChI=1S/C22H21N3O5.ClH/c1-3-22(29)15-7-17-19-11(9-25(17)20(27)14(15)10-30-21(22)28)6-12-13(8-23-2)18(26)5-4-16(12)24-19;/h4-7,23,26,29H,3,8-10H2,1-2H3;1H/t22-;/m0./s1. The van der Waals surface area contributed by atoms with E-state index in [1.54, 1.807) is 36.7 Å². The molecule has 0 aliphatic carbocycles. The van der Waals surface area contributed by atoms with Gasteiger partial charge in [-0.3, -0.25) is 4.79 Å². The molecule has 0 saturated carbocycles. The van der Waals surface area contributed by atoms with Gasteiger partial charge < -0.3 is 24.8 Å². The zero-order valence-corrected chi connectivity index (χ0v) is 17.9. The van der Waals surface area contributed by atoms with Crippen molar-refractivity contribution in [3.05, 3.63) is 56.9 Å². The molecule has 2 aliphatic rings. The van der Waals surface area contributed by atoms with Crippen LogP contribution in [0.4, 0.5) is 0 Å². The molecule has 5 rings (SSSR count). The molecule has 162 valence electrons. The topological polar surface area (TPSA) is 114 Å². The molecule has 0 amide bonds. The number of fused-ring (bicyclic) bond motifs is 5. The number of phenolic OH excluding ortho intramolecular Hbond substituents is 1. The summed E-state index contributed by atoms with van der Waals surface area (Å²) >= 11 is 0. The number of aromatic hydroxyl groups is 1. The van der Waals surface area contributed by atoms with E-state index in [1.807, 2.05) is 6.07 Å². The van der Waals surface area contributed by atoms with E-state index in [9.17, 15) is 19.8 Å². The molecule has 0 bridgehead atoms. The summed E-state index contributed by atoms with van der Waals surface area (Å²) in [5, 5.41) is 25.1. The molecule has 31 heavy (non-hydrogen) atoms. The third-order valence-electron chi connectivity index (χ3n) is 6.13. The van der Waals surface area contributed by atoms with Gasteiger partial charge in [-0.2, -0.15) is 0 Å². The Balaban J connectivity index is 0.00000231. The van der Waals surface area contributed by atoms with Crippen LogP contribution in [0.25, 0.3) is 22.3 Å². The van der Waals surface area contributed by atoms with Gasteiger partial charge in [0.1, 0.15) is 12.4 Å². The van der Waals surface area contributed by atoms with E-state index >= 15 is 0 Å². The third-order valence-corrected chi connectivity index (χ3v) is 6.13. The Morgan fingerprint density at radius 1 is 1.29 bits per heavy atom. The van der Waals surface area contributed by atoms with E-state index in [0.717, 1.165) is 16.5 Å². The molecule has 1 aromatic carbocycles. The molecule has 0 spiro atoms. The SMILES string of the molecule is CC[C@@]1(O)C(=O)OCc2c1cc1n(c2=O)Cc2cc3c(CNC)c(O)ccc3nc2-1.Cl. The average molecular weight is 444 g/mol. The van der Waals surface area contributed by atoms with Crippen molar-refractivity contribution in [2.45, 2.75) is 38.6 Å². The summed E-state index contributed by atoms with van der Waals surface area (Å²) in [6.45, 7) is 2.33. The lowest BCUT2D eigenvalue weighted by Crippen LogP contribution is -2.44. The number of nitrogens with zero attached hydrogens (tertiary/aromatic N) is 2. The lowest BCUT2D eigenvalue weighted by atomic mass is 9.86. The highest BCUT2D eigenvalue weighted by Gasteiger charge is 2.45. The van der Waals surface area contributed by atoms with Gasteiger partial charge in [-0.1, -0.05) is 6.92 Å². The fraction of sp³-hybridized carbons (Fsp3) is 0.318. The highest BCUT2D eigenvalue weighted by atomic mass is 35.5. The molecule has 2 aliphatic heterocycles. The van der Waals surface area contributed by atoms with Gasteiger partial charge in [0.05, 0.1) is 29.0 Å². The van der Waals surface area contributed by atoms with Crippen molar-refractivity contribution in [2.75, 3.05) is 7.05 Å². The van der Waals surface area contributed by atoms with Crippen molar-refractivity contribution in [1.29, 1.82) is 0 Å². The molecule has 1 atom stereocenters. The van der Waals surface area contributed by atoms with Crippen molar-refractivity contribution < 1.29 is 19.7 Å². The van der Waals surface area contributed by atoms with Crippen molar-refractivity contribution >= 4 is 29.3 Å². The molecule has 0 unspecified atom stereocenters. The van der Waals surface area contributed by atoms with Gasteiger partial charge in [-0.05, 0) is 37.7 Å². The maximum atomic E-state index is 13.2. The summed E-state index contributed by atoms with van der Waals surface area (Å²) in [4.78, 5) is 30.2. The number of aliphatic hydroxyl groups is 1. The molecule has 8 nitrogen and oxygen atoms in total. The van der Waals surface area contributed by atoms with Gasteiger partial charge in [0.15, 0.2) is 5.60 Å². The predicted octanol–water partition coefficient (Wildman–Crippen LogP) is 1.93. The largest absolute Gasteiger partial charge is 0.508 e. The van der Waals surface area contributed by atoms with Gasteiger partial charge in [0.2, 0.25) is 0 Å². The van der Waals surface area contributed by atoms with Gasteiger partial charge in [-0.25, -0.2) is 9.78 Å². The van der Waals surface area contributed by atoms with Crippen LogP contribution < -0.4 is 10.9 Å². The number of hydrogen-bond acceptors (Lipinski definition) is 7. The van der Waals surface area contributed by atoms with E-state index in [-0.39, 0.29) is 36.7 Å². The van der Waals surface area contributed by atoms with Crippen LogP contribution in [-0.2, 0) is 34.8 Å². The first-order valence-electron chi connectivity index (χ1n) is 9.85. The highest BCUT2D eigenvalue weighted by molar-refractivity contribution is 5.89. The molecule has 0 fully saturated rings. The molecule has 0 saturated heterocycles. The molecule has 4 heterocycles. The number of cyclic esters (lactones) is 1. The molecular formula is C22H22ClN3O5. The average Bonchev–Trinajstić information content (AvgIpc) is 3.10. The first-order chi connectivity index (χ1) is 14.4. The summed E-state index contributed by atoms with van der Waals surface area (Å²) in [5.74, 6) is -0.552. The lowest BCUT2D eigenvalue weighted by Gasteiger charge is -2.31. The van der Waals surface area contributed by atoms with Gasteiger partial charge >= 0.3 is 5.97 Å². The van der Waals surface area contributed by atoms with Crippen LogP contribution in [0, 0.1) is 0 Å². The van der Waals surface area contributed by atoms with E-state index < -0.39 is 11.6 Å². The minimum Gasteiger partial charge on any atom is -0.508 e. The Morgan fingerprint density at radius 3 is 2.77 bits per heavy atom. The van der Waals surface area contributed by atoms with Crippen LogP contribution in [0.1, 0.15) is 35.6 Å². The van der Waals surface area contributed by atoms with Crippen molar-refractivity contribution in [1.82, 2.24) is 14.9 Å². The molecule has 3 aromatic rings. The number of rotatable bonds is 3. The molecule has 9 heteroatoms.